The van der Waals surface area contributed by atoms with Gasteiger partial charge in [-0.15, -0.1) is 0 Å². The largest absolute Gasteiger partial charge is 0.474 e. The first-order chi connectivity index (χ1) is 10.6. The monoisotopic (exact) mass is 331 g/mol. The molecule has 1 N–H and O–H groups in total. The number of alkyl carbamates (subject to hydrolysis) is 1. The van der Waals surface area contributed by atoms with E-state index in [-0.39, 0.29) is 33.0 Å². The number of ether oxygens (including phenoxy) is 1. The Labute approximate surface area is 130 Å². The van der Waals surface area contributed by atoms with Crippen LogP contribution in [-0.4, -0.2) is 32.5 Å². The maximum absolute atomic E-state index is 12.0. The Bertz CT molecular complexity index is 471. The second-order valence-corrected chi connectivity index (χ2v) is 5.77. The molecule has 1 aromatic carbocycles. The molecule has 0 aliphatic rings. The van der Waals surface area contributed by atoms with Crippen molar-refractivity contribution >= 4 is 13.9 Å². The smallest absolute Gasteiger partial charge is 0.445 e. The van der Waals surface area contributed by atoms with E-state index in [1.807, 2.05) is 30.3 Å². The Morgan fingerprint density at radius 1 is 1.09 bits per heavy atom. The highest BCUT2D eigenvalue weighted by Gasteiger charge is 2.24. The molecule has 0 aromatic heterocycles. The zero-order valence-electron chi connectivity index (χ0n) is 12.8. The lowest BCUT2D eigenvalue weighted by atomic mass is 10.2. The lowest BCUT2D eigenvalue weighted by Crippen LogP contribution is -2.27. The molecule has 0 heterocycles. The lowest BCUT2D eigenvalue weighted by Gasteiger charge is -2.16. The highest BCUT2D eigenvalue weighted by atomic mass is 31.2. The zero-order valence-corrected chi connectivity index (χ0v) is 13.7. The molecule has 1 rings (SSSR count). The molecule has 7 nitrogen and oxygen atoms in total. The van der Waals surface area contributed by atoms with E-state index in [9.17, 15) is 9.36 Å². The highest BCUT2D eigenvalue weighted by molar-refractivity contribution is 7.48. The van der Waals surface area contributed by atoms with E-state index >= 15 is 0 Å². The van der Waals surface area contributed by atoms with Crippen LogP contribution in [0.3, 0.4) is 0 Å². The van der Waals surface area contributed by atoms with Gasteiger partial charge >= 0.3 is 13.9 Å². The number of nitrogens with one attached hydrogen (secondary N) is 1. The predicted molar refractivity (Wildman–Crippen MR) is 81.4 cm³/mol. The normalized spacial score (nSPS) is 11.2. The maximum Gasteiger partial charge on any atom is 0.474 e. The SMILES string of the molecule is CCOP(=O)(OCC)OCCNC(=O)OCc1ccccc1. The van der Waals surface area contributed by atoms with Crippen molar-refractivity contribution in [2.24, 2.45) is 0 Å². The Morgan fingerprint density at radius 2 is 1.73 bits per heavy atom. The number of hydrogen-bond acceptors (Lipinski definition) is 6. The van der Waals surface area contributed by atoms with E-state index in [1.165, 1.54) is 0 Å². The number of benzene rings is 1. The van der Waals surface area contributed by atoms with Gasteiger partial charge < -0.3 is 10.1 Å². The fourth-order valence-corrected chi connectivity index (χ4v) is 2.68. The quantitative estimate of drug-likeness (QED) is 0.524. The van der Waals surface area contributed by atoms with Gasteiger partial charge in [0, 0.05) is 6.54 Å². The van der Waals surface area contributed by atoms with Gasteiger partial charge in [-0.05, 0) is 19.4 Å². The molecule has 22 heavy (non-hydrogen) atoms. The second kappa shape index (κ2) is 10.3. The first-order valence-corrected chi connectivity index (χ1v) is 8.54. The molecule has 0 aliphatic carbocycles. The zero-order chi connectivity index (χ0) is 16.3. The molecule has 0 saturated heterocycles. The lowest BCUT2D eigenvalue weighted by molar-refractivity contribution is 0.116. The number of carbonyl (C=O) groups is 1. The third-order valence-corrected chi connectivity index (χ3v) is 4.06. The van der Waals surface area contributed by atoms with Crippen molar-refractivity contribution in [3.8, 4) is 0 Å². The van der Waals surface area contributed by atoms with Crippen LogP contribution in [0.4, 0.5) is 4.79 Å². The summed E-state index contributed by atoms with van der Waals surface area (Å²) in [5.41, 5.74) is 0.895. The van der Waals surface area contributed by atoms with Gasteiger partial charge in [0.05, 0.1) is 19.8 Å². The third-order valence-electron chi connectivity index (χ3n) is 2.41. The van der Waals surface area contributed by atoms with Crippen LogP contribution in [0, 0.1) is 0 Å². The van der Waals surface area contributed by atoms with Gasteiger partial charge in [0.1, 0.15) is 6.61 Å². The molecule has 124 valence electrons. The van der Waals surface area contributed by atoms with Gasteiger partial charge in [0.15, 0.2) is 0 Å². The molecule has 0 bridgehead atoms. The molecule has 0 fully saturated rings. The van der Waals surface area contributed by atoms with E-state index < -0.39 is 13.9 Å². The van der Waals surface area contributed by atoms with Gasteiger partial charge in [-0.2, -0.15) is 0 Å². The average Bonchev–Trinajstić information content (AvgIpc) is 2.51. The molecule has 0 radical (unpaired) electrons. The Morgan fingerprint density at radius 3 is 2.32 bits per heavy atom. The summed E-state index contributed by atoms with van der Waals surface area (Å²) in [5, 5.41) is 2.49. The summed E-state index contributed by atoms with van der Waals surface area (Å²) in [7, 11) is -3.53. The van der Waals surface area contributed by atoms with Crippen LogP contribution >= 0.6 is 7.82 Å². The van der Waals surface area contributed by atoms with Crippen LogP contribution in [0.2, 0.25) is 0 Å². The van der Waals surface area contributed by atoms with Crippen LogP contribution < -0.4 is 5.32 Å². The molecular weight excluding hydrogens is 309 g/mol. The van der Waals surface area contributed by atoms with E-state index in [0.29, 0.717) is 0 Å². The minimum Gasteiger partial charge on any atom is -0.445 e. The van der Waals surface area contributed by atoms with Crippen molar-refractivity contribution < 1.29 is 27.7 Å². The van der Waals surface area contributed by atoms with Crippen molar-refractivity contribution in [2.45, 2.75) is 20.5 Å². The van der Waals surface area contributed by atoms with Crippen LogP contribution in [0.1, 0.15) is 19.4 Å². The summed E-state index contributed by atoms with van der Waals surface area (Å²) >= 11 is 0. The summed E-state index contributed by atoms with van der Waals surface area (Å²) in [4.78, 5) is 11.5. The summed E-state index contributed by atoms with van der Waals surface area (Å²) in [6.07, 6.45) is -0.574. The molecular formula is C14H22NO6P. The van der Waals surface area contributed by atoms with Crippen molar-refractivity contribution in [1.82, 2.24) is 5.32 Å². The number of amides is 1. The number of carbonyl (C=O) groups excluding carboxylic acids is 1. The van der Waals surface area contributed by atoms with Crippen molar-refractivity contribution in [3.05, 3.63) is 35.9 Å². The maximum atomic E-state index is 12.0. The minimum absolute atomic E-state index is 0.00227. The molecule has 0 spiro atoms. The van der Waals surface area contributed by atoms with Crippen LogP contribution in [0.25, 0.3) is 0 Å². The van der Waals surface area contributed by atoms with E-state index in [2.05, 4.69) is 5.32 Å². The van der Waals surface area contributed by atoms with Crippen molar-refractivity contribution in [3.63, 3.8) is 0 Å². The van der Waals surface area contributed by atoms with E-state index in [0.717, 1.165) is 5.56 Å². The first kappa shape index (κ1) is 18.6. The molecule has 0 aliphatic heterocycles. The molecule has 1 amide bonds. The van der Waals surface area contributed by atoms with Crippen molar-refractivity contribution in [1.29, 1.82) is 0 Å². The summed E-state index contributed by atoms with van der Waals surface area (Å²) in [6.45, 7) is 4.12. The standard InChI is InChI=1S/C14H22NO6P/c1-3-19-22(17,20-4-2)21-11-10-15-14(16)18-12-13-8-6-5-7-9-13/h5-9H,3-4,10-12H2,1-2H3,(H,15,16). The number of rotatable bonds is 10. The second-order valence-electron chi connectivity index (χ2n) is 4.10. The summed E-state index contributed by atoms with van der Waals surface area (Å²) in [6, 6.07) is 9.33. The number of hydrogen-bond donors (Lipinski definition) is 1. The fourth-order valence-electron chi connectivity index (χ4n) is 1.51. The molecule has 0 atom stereocenters. The van der Waals surface area contributed by atoms with Gasteiger partial charge in [-0.3, -0.25) is 13.6 Å². The third kappa shape index (κ3) is 7.56. The Balaban J connectivity index is 2.20. The summed E-state index contributed by atoms with van der Waals surface area (Å²) in [5.74, 6) is 0. The van der Waals surface area contributed by atoms with Gasteiger partial charge in [0.2, 0.25) is 0 Å². The highest BCUT2D eigenvalue weighted by Crippen LogP contribution is 2.48. The predicted octanol–water partition coefficient (Wildman–Crippen LogP) is 3.11. The average molecular weight is 331 g/mol. The van der Waals surface area contributed by atoms with Gasteiger partial charge in [-0.1, -0.05) is 30.3 Å². The Kier molecular flexibility index (Phi) is 8.77. The minimum atomic E-state index is -3.53. The van der Waals surface area contributed by atoms with Crippen LogP contribution in [0.15, 0.2) is 30.3 Å². The van der Waals surface area contributed by atoms with Gasteiger partial charge in [-0.25, -0.2) is 9.36 Å². The van der Waals surface area contributed by atoms with Crippen LogP contribution in [-0.2, 0) is 29.5 Å². The summed E-state index contributed by atoms with van der Waals surface area (Å²) < 4.78 is 31.9. The van der Waals surface area contributed by atoms with E-state index in [4.69, 9.17) is 18.3 Å². The van der Waals surface area contributed by atoms with Crippen molar-refractivity contribution in [2.75, 3.05) is 26.4 Å². The molecule has 0 saturated carbocycles. The van der Waals surface area contributed by atoms with Crippen LogP contribution in [0.5, 0.6) is 0 Å². The number of phosphoric acid groups is 1. The molecule has 8 heteroatoms. The van der Waals surface area contributed by atoms with E-state index in [1.54, 1.807) is 13.8 Å². The fraction of sp³-hybridized carbons (Fsp3) is 0.500. The first-order valence-electron chi connectivity index (χ1n) is 7.08. The van der Waals surface area contributed by atoms with Gasteiger partial charge in [0.25, 0.3) is 0 Å². The topological polar surface area (TPSA) is 83.1 Å². The Hall–Kier alpha value is -1.40. The molecule has 1 aromatic rings. The number of phosphoric ester groups is 1. The molecule has 0 unspecified atom stereocenters.